The first-order chi connectivity index (χ1) is 14.0. The SMILES string of the molecule is Cc1ccc(S(=O)(=O)NCCNC(=O)C[C@H](NS(C)(=O)=O)c2ccc(Cl)cc2)cc1. The van der Waals surface area contributed by atoms with Gasteiger partial charge in [-0.2, -0.15) is 0 Å². The Kier molecular flexibility index (Phi) is 8.39. The number of sulfonamides is 2. The summed E-state index contributed by atoms with van der Waals surface area (Å²) in [5.74, 6) is -0.430. The number of carbonyl (C=O) groups excluding carboxylic acids is 1. The summed E-state index contributed by atoms with van der Waals surface area (Å²) in [5.41, 5.74) is 1.53. The van der Waals surface area contributed by atoms with E-state index in [0.29, 0.717) is 10.6 Å². The fraction of sp³-hybridized carbons (Fsp3) is 0.316. The molecular formula is C19H24ClN3O5S2. The number of carbonyl (C=O) groups is 1. The summed E-state index contributed by atoms with van der Waals surface area (Å²) in [5, 5.41) is 3.07. The van der Waals surface area contributed by atoms with E-state index < -0.39 is 32.0 Å². The van der Waals surface area contributed by atoms with E-state index in [-0.39, 0.29) is 24.4 Å². The minimum Gasteiger partial charge on any atom is -0.355 e. The van der Waals surface area contributed by atoms with Gasteiger partial charge in [-0.05, 0) is 36.8 Å². The molecule has 11 heteroatoms. The van der Waals surface area contributed by atoms with Crippen molar-refractivity contribution in [2.24, 2.45) is 0 Å². The molecule has 0 heterocycles. The molecular weight excluding hydrogens is 450 g/mol. The van der Waals surface area contributed by atoms with Gasteiger partial charge in [0.1, 0.15) is 0 Å². The van der Waals surface area contributed by atoms with Gasteiger partial charge in [-0.15, -0.1) is 0 Å². The first-order valence-corrected chi connectivity index (χ1v) is 12.8. The largest absolute Gasteiger partial charge is 0.355 e. The minimum absolute atomic E-state index is 0.00688. The van der Waals surface area contributed by atoms with Crippen LogP contribution >= 0.6 is 11.6 Å². The van der Waals surface area contributed by atoms with Gasteiger partial charge in [-0.25, -0.2) is 26.3 Å². The Morgan fingerprint density at radius 1 is 0.967 bits per heavy atom. The topological polar surface area (TPSA) is 121 Å². The average molecular weight is 474 g/mol. The van der Waals surface area contributed by atoms with Gasteiger partial charge in [-0.1, -0.05) is 41.4 Å². The molecule has 1 atom stereocenters. The quantitative estimate of drug-likeness (QED) is 0.453. The zero-order valence-corrected chi connectivity index (χ0v) is 18.9. The van der Waals surface area contributed by atoms with Gasteiger partial charge >= 0.3 is 0 Å². The van der Waals surface area contributed by atoms with Crippen LogP contribution in [0.15, 0.2) is 53.4 Å². The summed E-state index contributed by atoms with van der Waals surface area (Å²) in [6, 6.07) is 12.1. The predicted molar refractivity (Wildman–Crippen MR) is 116 cm³/mol. The number of halogens is 1. The molecule has 0 fully saturated rings. The number of hydrogen-bond donors (Lipinski definition) is 3. The molecule has 0 unspecified atom stereocenters. The van der Waals surface area contributed by atoms with E-state index in [1.807, 2.05) is 6.92 Å². The van der Waals surface area contributed by atoms with Crippen LogP contribution in [-0.4, -0.2) is 42.1 Å². The molecule has 3 N–H and O–H groups in total. The molecule has 0 aliphatic heterocycles. The maximum atomic E-state index is 12.3. The van der Waals surface area contributed by atoms with Crippen LogP contribution in [0.1, 0.15) is 23.6 Å². The second-order valence-corrected chi connectivity index (χ2v) is 10.7. The summed E-state index contributed by atoms with van der Waals surface area (Å²) < 4.78 is 52.6. The molecule has 1 amide bonds. The number of benzene rings is 2. The van der Waals surface area contributed by atoms with Crippen LogP contribution in [0, 0.1) is 6.92 Å². The highest BCUT2D eigenvalue weighted by molar-refractivity contribution is 7.89. The van der Waals surface area contributed by atoms with Crippen molar-refractivity contribution < 1.29 is 21.6 Å². The molecule has 0 bridgehead atoms. The van der Waals surface area contributed by atoms with E-state index in [0.717, 1.165) is 11.8 Å². The van der Waals surface area contributed by atoms with Crippen LogP contribution in [0.4, 0.5) is 0 Å². The summed E-state index contributed by atoms with van der Waals surface area (Å²) in [7, 11) is -7.23. The van der Waals surface area contributed by atoms with Crippen LogP contribution < -0.4 is 14.8 Å². The molecule has 164 valence electrons. The van der Waals surface area contributed by atoms with Crippen molar-refractivity contribution in [1.82, 2.24) is 14.8 Å². The van der Waals surface area contributed by atoms with E-state index in [1.165, 1.54) is 12.1 Å². The Morgan fingerprint density at radius 3 is 2.13 bits per heavy atom. The van der Waals surface area contributed by atoms with Crippen molar-refractivity contribution in [3.8, 4) is 0 Å². The van der Waals surface area contributed by atoms with Gasteiger partial charge in [0, 0.05) is 24.5 Å². The Hall–Kier alpha value is -1.98. The van der Waals surface area contributed by atoms with Crippen LogP contribution in [-0.2, 0) is 24.8 Å². The van der Waals surface area contributed by atoms with Crippen molar-refractivity contribution in [3.63, 3.8) is 0 Å². The van der Waals surface area contributed by atoms with E-state index >= 15 is 0 Å². The average Bonchev–Trinajstić information content (AvgIpc) is 2.65. The second kappa shape index (κ2) is 10.4. The lowest BCUT2D eigenvalue weighted by atomic mass is 10.0. The summed E-state index contributed by atoms with van der Waals surface area (Å²) >= 11 is 5.85. The third-order valence-electron chi connectivity index (χ3n) is 4.09. The monoisotopic (exact) mass is 473 g/mol. The number of hydrogen-bond acceptors (Lipinski definition) is 5. The first kappa shape index (κ1) is 24.3. The van der Waals surface area contributed by atoms with E-state index in [4.69, 9.17) is 11.6 Å². The standard InChI is InChI=1S/C19H24ClN3O5S2/c1-14-3-9-17(10-4-14)30(27,28)22-12-11-21-19(24)13-18(23-29(2,25)26)15-5-7-16(20)8-6-15/h3-10,18,22-23H,11-13H2,1-2H3,(H,21,24)/t18-/m0/s1. The summed E-state index contributed by atoms with van der Waals surface area (Å²) in [6.45, 7) is 1.90. The van der Waals surface area contributed by atoms with Crippen molar-refractivity contribution in [2.75, 3.05) is 19.3 Å². The van der Waals surface area contributed by atoms with Crippen molar-refractivity contribution in [1.29, 1.82) is 0 Å². The number of nitrogens with one attached hydrogen (secondary N) is 3. The van der Waals surface area contributed by atoms with E-state index in [9.17, 15) is 21.6 Å². The van der Waals surface area contributed by atoms with Crippen LogP contribution in [0.25, 0.3) is 0 Å². The molecule has 30 heavy (non-hydrogen) atoms. The predicted octanol–water partition coefficient (Wildman–Crippen LogP) is 1.72. The van der Waals surface area contributed by atoms with Gasteiger partial charge < -0.3 is 5.32 Å². The van der Waals surface area contributed by atoms with Gasteiger partial charge in [0.05, 0.1) is 17.2 Å². The Labute approximate surface area is 182 Å². The zero-order valence-electron chi connectivity index (χ0n) is 16.6. The van der Waals surface area contributed by atoms with E-state index in [2.05, 4.69) is 14.8 Å². The lowest BCUT2D eigenvalue weighted by Crippen LogP contribution is -2.37. The summed E-state index contributed by atoms with van der Waals surface area (Å²) in [6.07, 6.45) is 0.854. The molecule has 0 spiro atoms. The van der Waals surface area contributed by atoms with Crippen LogP contribution in [0.2, 0.25) is 5.02 Å². The molecule has 2 aromatic rings. The normalized spacial score (nSPS) is 13.0. The number of rotatable bonds is 10. The van der Waals surface area contributed by atoms with Gasteiger partial charge in [0.2, 0.25) is 26.0 Å². The highest BCUT2D eigenvalue weighted by Gasteiger charge is 2.20. The molecule has 0 aromatic heterocycles. The third kappa shape index (κ3) is 8.04. The number of amides is 1. The third-order valence-corrected chi connectivity index (χ3v) is 6.53. The Balaban J connectivity index is 1.90. The first-order valence-electron chi connectivity index (χ1n) is 9.02. The van der Waals surface area contributed by atoms with Crippen LogP contribution in [0.5, 0.6) is 0 Å². The second-order valence-electron chi connectivity index (χ2n) is 6.76. The lowest BCUT2D eigenvalue weighted by Gasteiger charge is -2.18. The Morgan fingerprint density at radius 2 is 1.57 bits per heavy atom. The number of aryl methyl sites for hydroxylation is 1. The van der Waals surface area contributed by atoms with Gasteiger partial charge in [-0.3, -0.25) is 4.79 Å². The fourth-order valence-electron chi connectivity index (χ4n) is 2.63. The maximum absolute atomic E-state index is 12.3. The fourth-order valence-corrected chi connectivity index (χ4v) is 4.52. The molecule has 8 nitrogen and oxygen atoms in total. The van der Waals surface area contributed by atoms with Crippen molar-refractivity contribution in [3.05, 3.63) is 64.7 Å². The summed E-state index contributed by atoms with van der Waals surface area (Å²) in [4.78, 5) is 12.4. The highest BCUT2D eigenvalue weighted by atomic mass is 35.5. The molecule has 0 saturated heterocycles. The van der Waals surface area contributed by atoms with E-state index in [1.54, 1.807) is 36.4 Å². The molecule has 0 aliphatic rings. The molecule has 2 aromatic carbocycles. The van der Waals surface area contributed by atoms with Crippen molar-refractivity contribution >= 4 is 37.6 Å². The molecule has 2 rings (SSSR count). The van der Waals surface area contributed by atoms with Gasteiger partial charge in [0.15, 0.2) is 0 Å². The van der Waals surface area contributed by atoms with Gasteiger partial charge in [0.25, 0.3) is 0 Å². The maximum Gasteiger partial charge on any atom is 0.240 e. The molecule has 0 saturated carbocycles. The Bertz CT molecular complexity index is 1070. The highest BCUT2D eigenvalue weighted by Crippen LogP contribution is 2.20. The van der Waals surface area contributed by atoms with Crippen molar-refractivity contribution in [2.45, 2.75) is 24.3 Å². The lowest BCUT2D eigenvalue weighted by molar-refractivity contribution is -0.121. The molecule has 0 aliphatic carbocycles. The van der Waals surface area contributed by atoms with Crippen LogP contribution in [0.3, 0.4) is 0 Å². The minimum atomic E-state index is -3.67. The molecule has 0 radical (unpaired) electrons. The zero-order chi connectivity index (χ0) is 22.4. The smallest absolute Gasteiger partial charge is 0.240 e.